The largest absolute Gasteiger partial charge is 0.385 e. The number of H-pyrrole nitrogens is 1. The molecule has 0 aliphatic heterocycles. The summed E-state index contributed by atoms with van der Waals surface area (Å²) in [5, 5.41) is 1.35. The van der Waals surface area contributed by atoms with Crippen LogP contribution >= 0.6 is 0 Å². The Balaban J connectivity index is 2.28. The van der Waals surface area contributed by atoms with Crippen molar-refractivity contribution in [2.24, 2.45) is 0 Å². The first kappa shape index (κ1) is 10.2. The van der Waals surface area contributed by atoms with Gasteiger partial charge >= 0.3 is 0 Å². The Bertz CT molecular complexity index is 445. The highest BCUT2D eigenvalue weighted by Crippen LogP contribution is 2.22. The van der Waals surface area contributed by atoms with Gasteiger partial charge in [-0.2, -0.15) is 0 Å². The van der Waals surface area contributed by atoms with Gasteiger partial charge in [-0.15, -0.1) is 0 Å². The van der Waals surface area contributed by atoms with Gasteiger partial charge in [0.2, 0.25) is 0 Å². The van der Waals surface area contributed by atoms with Gasteiger partial charge in [0.25, 0.3) is 0 Å². The molecule has 0 aliphatic rings. The van der Waals surface area contributed by atoms with Gasteiger partial charge in [0, 0.05) is 30.3 Å². The van der Waals surface area contributed by atoms with Gasteiger partial charge in [0.1, 0.15) is 0 Å². The first-order valence-electron chi connectivity index (χ1n) is 5.38. The van der Waals surface area contributed by atoms with E-state index in [-0.39, 0.29) is 0 Å². The second-order valence-electron chi connectivity index (χ2n) is 3.87. The molecule has 1 heterocycles. The summed E-state index contributed by atoms with van der Waals surface area (Å²) in [6.07, 6.45) is 2.17. The van der Waals surface area contributed by atoms with Crippen LogP contribution in [0.2, 0.25) is 0 Å². The van der Waals surface area contributed by atoms with Crippen molar-refractivity contribution < 1.29 is 4.74 Å². The highest BCUT2D eigenvalue weighted by Gasteiger charge is 2.06. The molecule has 2 nitrogen and oxygen atoms in total. The lowest BCUT2D eigenvalue weighted by Gasteiger charge is -2.00. The van der Waals surface area contributed by atoms with E-state index in [1.165, 1.54) is 22.2 Å². The normalized spacial score (nSPS) is 11.1. The average molecular weight is 203 g/mol. The molecule has 0 unspecified atom stereocenters. The fourth-order valence-electron chi connectivity index (χ4n) is 2.05. The van der Waals surface area contributed by atoms with Crippen LogP contribution < -0.4 is 0 Å². The second kappa shape index (κ2) is 4.49. The number of hydrogen-bond acceptors (Lipinski definition) is 1. The van der Waals surface area contributed by atoms with Crippen molar-refractivity contribution in [1.82, 2.24) is 4.98 Å². The molecule has 1 aromatic heterocycles. The number of aromatic amines is 1. The second-order valence-corrected chi connectivity index (χ2v) is 3.87. The molecule has 0 bridgehead atoms. The molecule has 2 aromatic rings. The Morgan fingerprint density at radius 2 is 2.07 bits per heavy atom. The molecule has 0 atom stereocenters. The summed E-state index contributed by atoms with van der Waals surface area (Å²) in [5.41, 5.74) is 3.96. The molecule has 0 aliphatic carbocycles. The van der Waals surface area contributed by atoms with E-state index in [4.69, 9.17) is 4.74 Å². The van der Waals surface area contributed by atoms with Crippen molar-refractivity contribution in [3.05, 3.63) is 35.5 Å². The smallest absolute Gasteiger partial charge is 0.0465 e. The van der Waals surface area contributed by atoms with Crippen LogP contribution in [0.15, 0.2) is 24.3 Å². The Kier molecular flexibility index (Phi) is 3.07. The third-order valence-corrected chi connectivity index (χ3v) is 2.80. The predicted molar refractivity (Wildman–Crippen MR) is 63.2 cm³/mol. The lowest BCUT2D eigenvalue weighted by Crippen LogP contribution is -1.93. The fourth-order valence-corrected chi connectivity index (χ4v) is 2.05. The number of hydrogen-bond donors (Lipinski definition) is 1. The standard InChI is InChI=1S/C13H17NO/c1-10-11(7-5-9-15-2)12-6-3-4-8-13(12)14-10/h3-4,6,8,14H,5,7,9H2,1-2H3. The van der Waals surface area contributed by atoms with Gasteiger partial charge in [-0.1, -0.05) is 18.2 Å². The minimum absolute atomic E-state index is 0.832. The number of ether oxygens (including phenoxy) is 1. The molecule has 1 aromatic carbocycles. The van der Waals surface area contributed by atoms with Gasteiger partial charge in [0.15, 0.2) is 0 Å². The van der Waals surface area contributed by atoms with E-state index in [0.29, 0.717) is 0 Å². The lowest BCUT2D eigenvalue weighted by molar-refractivity contribution is 0.195. The zero-order valence-electron chi connectivity index (χ0n) is 9.34. The molecule has 1 N–H and O–H groups in total. The lowest BCUT2D eigenvalue weighted by atomic mass is 10.1. The monoisotopic (exact) mass is 203 g/mol. The van der Waals surface area contributed by atoms with Crippen molar-refractivity contribution in [3.8, 4) is 0 Å². The van der Waals surface area contributed by atoms with E-state index in [0.717, 1.165) is 19.4 Å². The van der Waals surface area contributed by atoms with Crippen LogP contribution in [-0.2, 0) is 11.2 Å². The van der Waals surface area contributed by atoms with Crippen LogP contribution in [0, 0.1) is 6.92 Å². The Hall–Kier alpha value is -1.28. The molecule has 0 spiro atoms. The van der Waals surface area contributed by atoms with Crippen LogP contribution in [0.25, 0.3) is 10.9 Å². The quantitative estimate of drug-likeness (QED) is 0.759. The summed E-state index contributed by atoms with van der Waals surface area (Å²) in [4.78, 5) is 3.41. The minimum atomic E-state index is 0.832. The van der Waals surface area contributed by atoms with Gasteiger partial charge in [-0.25, -0.2) is 0 Å². The topological polar surface area (TPSA) is 25.0 Å². The number of benzene rings is 1. The van der Waals surface area contributed by atoms with Crippen molar-refractivity contribution in [1.29, 1.82) is 0 Å². The maximum Gasteiger partial charge on any atom is 0.0465 e. The predicted octanol–water partition coefficient (Wildman–Crippen LogP) is 3.06. The number of para-hydroxylation sites is 1. The van der Waals surface area contributed by atoms with E-state index in [9.17, 15) is 0 Å². The third-order valence-electron chi connectivity index (χ3n) is 2.80. The number of aryl methyl sites for hydroxylation is 2. The molecule has 0 saturated heterocycles. The Morgan fingerprint density at radius 3 is 2.87 bits per heavy atom. The number of rotatable bonds is 4. The molecular weight excluding hydrogens is 186 g/mol. The SMILES string of the molecule is COCCCc1c(C)[nH]c2ccccc12. The molecule has 0 fully saturated rings. The molecule has 2 heteroatoms. The summed E-state index contributed by atoms with van der Waals surface area (Å²) in [5.74, 6) is 0. The van der Waals surface area contributed by atoms with Gasteiger partial charge in [-0.05, 0) is 31.4 Å². The van der Waals surface area contributed by atoms with Gasteiger partial charge in [0.05, 0.1) is 0 Å². The van der Waals surface area contributed by atoms with Crippen LogP contribution in [0.3, 0.4) is 0 Å². The van der Waals surface area contributed by atoms with Crippen molar-refractivity contribution >= 4 is 10.9 Å². The number of fused-ring (bicyclic) bond motifs is 1. The fraction of sp³-hybridized carbons (Fsp3) is 0.385. The van der Waals surface area contributed by atoms with E-state index >= 15 is 0 Å². The highest BCUT2D eigenvalue weighted by molar-refractivity contribution is 5.84. The molecule has 0 radical (unpaired) electrons. The summed E-state index contributed by atoms with van der Waals surface area (Å²) >= 11 is 0. The molecule has 80 valence electrons. The molecular formula is C13H17NO. The molecule has 2 rings (SSSR count). The third kappa shape index (κ3) is 2.05. The van der Waals surface area contributed by atoms with E-state index < -0.39 is 0 Å². The number of aromatic nitrogens is 1. The zero-order valence-corrected chi connectivity index (χ0v) is 9.34. The molecule has 0 saturated carbocycles. The minimum Gasteiger partial charge on any atom is -0.385 e. The maximum absolute atomic E-state index is 5.08. The highest BCUT2D eigenvalue weighted by atomic mass is 16.5. The number of nitrogens with one attached hydrogen (secondary N) is 1. The summed E-state index contributed by atoms with van der Waals surface area (Å²) in [6.45, 7) is 2.97. The van der Waals surface area contributed by atoms with Gasteiger partial charge < -0.3 is 9.72 Å². The average Bonchev–Trinajstić information content (AvgIpc) is 2.56. The van der Waals surface area contributed by atoms with Crippen LogP contribution in [0.4, 0.5) is 0 Å². The van der Waals surface area contributed by atoms with Crippen LogP contribution in [0.1, 0.15) is 17.7 Å². The summed E-state index contributed by atoms with van der Waals surface area (Å²) in [7, 11) is 1.75. The first-order chi connectivity index (χ1) is 7.33. The van der Waals surface area contributed by atoms with Crippen molar-refractivity contribution in [2.75, 3.05) is 13.7 Å². The van der Waals surface area contributed by atoms with Gasteiger partial charge in [-0.3, -0.25) is 0 Å². The molecule has 0 amide bonds. The van der Waals surface area contributed by atoms with Crippen molar-refractivity contribution in [2.45, 2.75) is 19.8 Å². The van der Waals surface area contributed by atoms with Crippen molar-refractivity contribution in [3.63, 3.8) is 0 Å². The summed E-state index contributed by atoms with van der Waals surface area (Å²) in [6, 6.07) is 8.47. The number of methoxy groups -OCH3 is 1. The van der Waals surface area contributed by atoms with Crippen LogP contribution in [0.5, 0.6) is 0 Å². The van der Waals surface area contributed by atoms with E-state index in [2.05, 4.69) is 36.2 Å². The van der Waals surface area contributed by atoms with Crippen LogP contribution in [-0.4, -0.2) is 18.7 Å². The first-order valence-corrected chi connectivity index (χ1v) is 5.38. The van der Waals surface area contributed by atoms with E-state index in [1.807, 2.05) is 0 Å². The maximum atomic E-state index is 5.08. The molecule has 15 heavy (non-hydrogen) atoms. The summed E-state index contributed by atoms with van der Waals surface area (Å²) < 4.78 is 5.08. The van der Waals surface area contributed by atoms with E-state index in [1.54, 1.807) is 7.11 Å². The Labute approximate surface area is 90.3 Å². The Morgan fingerprint density at radius 1 is 1.27 bits per heavy atom. The zero-order chi connectivity index (χ0) is 10.7.